The fourth-order valence-electron chi connectivity index (χ4n) is 1.89. The summed E-state index contributed by atoms with van der Waals surface area (Å²) >= 11 is 0. The molecule has 1 rings (SSSR count). The Kier molecular flexibility index (Phi) is 5.20. The van der Waals surface area contributed by atoms with Crippen molar-refractivity contribution in [3.8, 4) is 0 Å². The molecule has 4 nitrogen and oxygen atoms in total. The Hall–Kier alpha value is -0.820. The van der Waals surface area contributed by atoms with Crippen LogP contribution in [0.4, 0.5) is 13.2 Å². The zero-order valence-corrected chi connectivity index (χ0v) is 9.81. The van der Waals surface area contributed by atoms with Crippen molar-refractivity contribution in [2.24, 2.45) is 0 Å². The van der Waals surface area contributed by atoms with Crippen LogP contribution in [0.25, 0.3) is 0 Å². The van der Waals surface area contributed by atoms with Gasteiger partial charge in [-0.25, -0.2) is 0 Å². The lowest BCUT2D eigenvalue weighted by atomic mass is 10.2. The van der Waals surface area contributed by atoms with Crippen LogP contribution in [0.5, 0.6) is 0 Å². The van der Waals surface area contributed by atoms with Crippen LogP contribution in [0.2, 0.25) is 0 Å². The molecule has 1 heterocycles. The molecule has 1 fully saturated rings. The lowest BCUT2D eigenvalue weighted by Gasteiger charge is -2.26. The maximum atomic E-state index is 11.9. The quantitative estimate of drug-likeness (QED) is 0.743. The molecule has 1 unspecified atom stereocenters. The van der Waals surface area contributed by atoms with E-state index in [4.69, 9.17) is 0 Å². The van der Waals surface area contributed by atoms with Crippen molar-refractivity contribution in [2.75, 3.05) is 32.7 Å². The Bertz CT molecular complexity index is 252. The number of alkyl halides is 3. The minimum atomic E-state index is -4.35. The number of nitrogens with zero attached hydrogens (tertiary/aromatic N) is 1. The standard InChI is InChI=1S/C10H18F3N3O/c1-2-16(8-3-4-14-5-8)6-9(17)15-7-10(11,12)13/h8,14H,2-7H2,1H3,(H,15,17). The number of carbonyl (C=O) groups is 1. The highest BCUT2D eigenvalue weighted by molar-refractivity contribution is 5.78. The molecule has 0 saturated carbocycles. The number of carbonyl (C=O) groups excluding carboxylic acids is 1. The van der Waals surface area contributed by atoms with Gasteiger partial charge in [0, 0.05) is 12.6 Å². The number of hydrogen-bond donors (Lipinski definition) is 2. The molecule has 0 spiro atoms. The fraction of sp³-hybridized carbons (Fsp3) is 0.900. The third-order valence-corrected chi connectivity index (χ3v) is 2.79. The topological polar surface area (TPSA) is 44.4 Å². The van der Waals surface area contributed by atoms with E-state index < -0.39 is 18.6 Å². The van der Waals surface area contributed by atoms with E-state index in [1.54, 1.807) is 0 Å². The predicted molar refractivity (Wildman–Crippen MR) is 57.6 cm³/mol. The van der Waals surface area contributed by atoms with Crippen LogP contribution in [0, 0.1) is 0 Å². The molecule has 1 atom stereocenters. The average molecular weight is 253 g/mol. The Balaban J connectivity index is 2.32. The first-order valence-electron chi connectivity index (χ1n) is 5.70. The zero-order chi connectivity index (χ0) is 12.9. The van der Waals surface area contributed by atoms with Gasteiger partial charge in [0.05, 0.1) is 6.54 Å². The molecule has 100 valence electrons. The summed E-state index contributed by atoms with van der Waals surface area (Å²) in [6.45, 7) is 3.01. The third kappa shape index (κ3) is 5.36. The van der Waals surface area contributed by atoms with E-state index in [0.29, 0.717) is 6.54 Å². The second kappa shape index (κ2) is 6.20. The van der Waals surface area contributed by atoms with Crippen LogP contribution in [-0.4, -0.2) is 55.7 Å². The molecule has 0 aliphatic carbocycles. The molecule has 1 aliphatic heterocycles. The van der Waals surface area contributed by atoms with Crippen molar-refractivity contribution in [2.45, 2.75) is 25.6 Å². The largest absolute Gasteiger partial charge is 0.405 e. The van der Waals surface area contributed by atoms with Gasteiger partial charge in [-0.05, 0) is 19.5 Å². The number of halogens is 3. The van der Waals surface area contributed by atoms with Crippen molar-refractivity contribution in [1.29, 1.82) is 0 Å². The van der Waals surface area contributed by atoms with Crippen LogP contribution < -0.4 is 10.6 Å². The van der Waals surface area contributed by atoms with Gasteiger partial charge in [-0.3, -0.25) is 9.69 Å². The van der Waals surface area contributed by atoms with Gasteiger partial charge in [-0.1, -0.05) is 6.92 Å². The predicted octanol–water partition coefficient (Wildman–Crippen LogP) is 0.349. The molecule has 0 radical (unpaired) electrons. The van der Waals surface area contributed by atoms with Gasteiger partial charge >= 0.3 is 6.18 Å². The van der Waals surface area contributed by atoms with Gasteiger partial charge in [0.2, 0.25) is 5.91 Å². The first-order chi connectivity index (χ1) is 7.92. The Morgan fingerprint density at radius 2 is 2.24 bits per heavy atom. The summed E-state index contributed by atoms with van der Waals surface area (Å²) in [4.78, 5) is 13.2. The first kappa shape index (κ1) is 14.2. The third-order valence-electron chi connectivity index (χ3n) is 2.79. The maximum Gasteiger partial charge on any atom is 0.405 e. The normalized spacial score (nSPS) is 20.9. The van der Waals surface area contributed by atoms with Gasteiger partial charge in [-0.15, -0.1) is 0 Å². The van der Waals surface area contributed by atoms with E-state index in [0.717, 1.165) is 19.5 Å². The Labute approximate surface area is 98.5 Å². The minimum Gasteiger partial charge on any atom is -0.346 e. The van der Waals surface area contributed by atoms with Crippen LogP contribution >= 0.6 is 0 Å². The summed E-state index contributed by atoms with van der Waals surface area (Å²) < 4.78 is 35.7. The molecule has 1 aliphatic rings. The fourth-order valence-corrected chi connectivity index (χ4v) is 1.89. The van der Waals surface area contributed by atoms with Gasteiger partial charge in [0.15, 0.2) is 0 Å². The molecule has 2 N–H and O–H groups in total. The van der Waals surface area contributed by atoms with Crippen molar-refractivity contribution in [3.63, 3.8) is 0 Å². The van der Waals surface area contributed by atoms with E-state index in [-0.39, 0.29) is 12.6 Å². The molecule has 0 aromatic heterocycles. The molecule has 1 amide bonds. The minimum absolute atomic E-state index is 0.0267. The molecule has 17 heavy (non-hydrogen) atoms. The average Bonchev–Trinajstić information content (AvgIpc) is 2.75. The summed E-state index contributed by atoms with van der Waals surface area (Å²) in [5, 5.41) is 5.05. The zero-order valence-electron chi connectivity index (χ0n) is 9.81. The monoisotopic (exact) mass is 253 g/mol. The highest BCUT2D eigenvalue weighted by Gasteiger charge is 2.28. The number of nitrogens with one attached hydrogen (secondary N) is 2. The van der Waals surface area contributed by atoms with Crippen LogP contribution in [0.1, 0.15) is 13.3 Å². The number of likely N-dealkylation sites (N-methyl/N-ethyl adjacent to an activating group) is 1. The molecule has 0 aromatic rings. The highest BCUT2D eigenvalue weighted by Crippen LogP contribution is 2.12. The van der Waals surface area contributed by atoms with Crippen molar-refractivity contribution in [1.82, 2.24) is 15.5 Å². The summed E-state index contributed by atoms with van der Waals surface area (Å²) in [5.41, 5.74) is 0. The summed E-state index contributed by atoms with van der Waals surface area (Å²) in [5.74, 6) is -0.573. The second-order valence-electron chi connectivity index (χ2n) is 4.10. The lowest BCUT2D eigenvalue weighted by Crippen LogP contribution is -2.45. The van der Waals surface area contributed by atoms with Gasteiger partial charge in [0.25, 0.3) is 0 Å². The van der Waals surface area contributed by atoms with Crippen molar-refractivity contribution < 1.29 is 18.0 Å². The molecule has 7 heteroatoms. The van der Waals surface area contributed by atoms with E-state index >= 15 is 0 Å². The summed E-state index contributed by atoms with van der Waals surface area (Å²) in [6, 6.07) is 0.247. The smallest absolute Gasteiger partial charge is 0.346 e. The van der Waals surface area contributed by atoms with E-state index in [1.807, 2.05) is 17.1 Å². The van der Waals surface area contributed by atoms with E-state index in [2.05, 4.69) is 5.32 Å². The van der Waals surface area contributed by atoms with Crippen LogP contribution in [-0.2, 0) is 4.79 Å². The SMILES string of the molecule is CCN(CC(=O)NCC(F)(F)F)C1CCNC1. The molecular formula is C10H18F3N3O. The Morgan fingerprint density at radius 1 is 1.53 bits per heavy atom. The van der Waals surface area contributed by atoms with E-state index in [1.165, 1.54) is 0 Å². The first-order valence-corrected chi connectivity index (χ1v) is 5.70. The van der Waals surface area contributed by atoms with E-state index in [9.17, 15) is 18.0 Å². The molecule has 1 saturated heterocycles. The highest BCUT2D eigenvalue weighted by atomic mass is 19.4. The van der Waals surface area contributed by atoms with Gasteiger partial charge in [0.1, 0.15) is 6.54 Å². The lowest BCUT2D eigenvalue weighted by molar-refractivity contribution is -0.139. The van der Waals surface area contributed by atoms with Crippen molar-refractivity contribution >= 4 is 5.91 Å². The number of amides is 1. The number of rotatable bonds is 5. The number of hydrogen-bond acceptors (Lipinski definition) is 3. The van der Waals surface area contributed by atoms with Gasteiger partial charge in [-0.2, -0.15) is 13.2 Å². The maximum absolute atomic E-state index is 11.9. The second-order valence-corrected chi connectivity index (χ2v) is 4.10. The molecule has 0 aromatic carbocycles. The summed E-state index contributed by atoms with van der Waals surface area (Å²) in [7, 11) is 0. The van der Waals surface area contributed by atoms with Crippen LogP contribution in [0.3, 0.4) is 0 Å². The molecular weight excluding hydrogens is 235 g/mol. The van der Waals surface area contributed by atoms with Gasteiger partial charge < -0.3 is 10.6 Å². The molecule has 0 bridgehead atoms. The summed E-state index contributed by atoms with van der Waals surface area (Å²) in [6.07, 6.45) is -3.41. The van der Waals surface area contributed by atoms with Crippen molar-refractivity contribution in [3.05, 3.63) is 0 Å². The Morgan fingerprint density at radius 3 is 2.71 bits per heavy atom. The van der Waals surface area contributed by atoms with Crippen LogP contribution in [0.15, 0.2) is 0 Å².